The number of ether oxygens (including phenoxy) is 4. The first-order chi connectivity index (χ1) is 7.90. The molecule has 0 aromatic heterocycles. The SMILES string of the molecule is COc1ccccc1OC[C@@H]1COCCO1. The standard InChI is InChI=1S/C12H16O4/c1-13-11-4-2-3-5-12(11)16-9-10-8-14-6-7-15-10/h2-5,10H,6-9H2,1H3/t10-/m0/s1. The summed E-state index contributed by atoms with van der Waals surface area (Å²) in [6.45, 7) is 2.39. The quantitative estimate of drug-likeness (QED) is 0.776. The third-order valence-electron chi connectivity index (χ3n) is 2.38. The van der Waals surface area contributed by atoms with Crippen LogP contribution in [0.2, 0.25) is 0 Å². The summed E-state index contributed by atoms with van der Waals surface area (Å²) in [6.07, 6.45) is 0.0127. The lowest BCUT2D eigenvalue weighted by molar-refractivity contribution is -0.101. The van der Waals surface area contributed by atoms with E-state index in [-0.39, 0.29) is 6.10 Å². The van der Waals surface area contributed by atoms with Crippen molar-refractivity contribution in [2.75, 3.05) is 33.5 Å². The first-order valence-electron chi connectivity index (χ1n) is 5.35. The van der Waals surface area contributed by atoms with Gasteiger partial charge in [0.05, 0.1) is 26.9 Å². The summed E-state index contributed by atoms with van der Waals surface area (Å²) < 4.78 is 21.6. The van der Waals surface area contributed by atoms with Crippen molar-refractivity contribution in [2.45, 2.75) is 6.10 Å². The summed E-state index contributed by atoms with van der Waals surface area (Å²) in [5.41, 5.74) is 0. The smallest absolute Gasteiger partial charge is 0.161 e. The van der Waals surface area contributed by atoms with Crippen molar-refractivity contribution >= 4 is 0 Å². The molecular weight excluding hydrogens is 208 g/mol. The van der Waals surface area contributed by atoms with Gasteiger partial charge in [-0.15, -0.1) is 0 Å². The number of hydrogen-bond acceptors (Lipinski definition) is 4. The molecule has 0 saturated carbocycles. The van der Waals surface area contributed by atoms with Crippen molar-refractivity contribution in [3.8, 4) is 11.5 Å². The van der Waals surface area contributed by atoms with Gasteiger partial charge in [0.15, 0.2) is 11.5 Å². The molecule has 0 spiro atoms. The van der Waals surface area contributed by atoms with Crippen molar-refractivity contribution in [3.63, 3.8) is 0 Å². The Morgan fingerprint density at radius 2 is 2.06 bits per heavy atom. The van der Waals surface area contributed by atoms with Crippen LogP contribution in [0.25, 0.3) is 0 Å². The van der Waals surface area contributed by atoms with Gasteiger partial charge >= 0.3 is 0 Å². The number of benzene rings is 1. The maximum atomic E-state index is 5.64. The van der Waals surface area contributed by atoms with Crippen LogP contribution in [0.5, 0.6) is 11.5 Å². The van der Waals surface area contributed by atoms with Crippen LogP contribution >= 0.6 is 0 Å². The summed E-state index contributed by atoms with van der Waals surface area (Å²) in [4.78, 5) is 0. The van der Waals surface area contributed by atoms with Crippen LogP contribution in [-0.2, 0) is 9.47 Å². The van der Waals surface area contributed by atoms with E-state index in [2.05, 4.69) is 0 Å². The molecule has 1 aromatic carbocycles. The van der Waals surface area contributed by atoms with Crippen molar-refractivity contribution in [3.05, 3.63) is 24.3 Å². The number of methoxy groups -OCH3 is 1. The van der Waals surface area contributed by atoms with E-state index in [0.717, 1.165) is 11.5 Å². The predicted molar refractivity (Wildman–Crippen MR) is 59.0 cm³/mol. The molecule has 4 heteroatoms. The summed E-state index contributed by atoms with van der Waals surface area (Å²) in [7, 11) is 1.63. The fraction of sp³-hybridized carbons (Fsp3) is 0.500. The Balaban J connectivity index is 1.88. The molecule has 1 heterocycles. The Hall–Kier alpha value is -1.26. The van der Waals surface area contributed by atoms with Gasteiger partial charge in [-0.25, -0.2) is 0 Å². The zero-order chi connectivity index (χ0) is 11.2. The van der Waals surface area contributed by atoms with E-state index >= 15 is 0 Å². The molecule has 88 valence electrons. The van der Waals surface area contributed by atoms with E-state index in [0.29, 0.717) is 26.4 Å². The van der Waals surface area contributed by atoms with E-state index in [1.54, 1.807) is 7.11 Å². The summed E-state index contributed by atoms with van der Waals surface area (Å²) in [5, 5.41) is 0. The van der Waals surface area contributed by atoms with E-state index in [9.17, 15) is 0 Å². The van der Waals surface area contributed by atoms with Crippen LogP contribution in [0.1, 0.15) is 0 Å². The number of rotatable bonds is 4. The monoisotopic (exact) mass is 224 g/mol. The third-order valence-corrected chi connectivity index (χ3v) is 2.38. The highest BCUT2D eigenvalue weighted by molar-refractivity contribution is 5.39. The van der Waals surface area contributed by atoms with Gasteiger partial charge in [-0.1, -0.05) is 12.1 Å². The van der Waals surface area contributed by atoms with E-state index in [1.807, 2.05) is 24.3 Å². The minimum Gasteiger partial charge on any atom is -0.493 e. The first-order valence-corrected chi connectivity index (χ1v) is 5.35. The Morgan fingerprint density at radius 1 is 1.25 bits per heavy atom. The minimum atomic E-state index is 0.0127. The van der Waals surface area contributed by atoms with Crippen molar-refractivity contribution < 1.29 is 18.9 Å². The second kappa shape index (κ2) is 5.72. The molecule has 1 aliphatic rings. The summed E-state index contributed by atoms with van der Waals surface area (Å²) in [6, 6.07) is 7.57. The lowest BCUT2D eigenvalue weighted by atomic mass is 10.3. The molecular formula is C12H16O4. The molecule has 0 bridgehead atoms. The van der Waals surface area contributed by atoms with Gasteiger partial charge in [0.1, 0.15) is 12.7 Å². The molecule has 16 heavy (non-hydrogen) atoms. The molecule has 0 radical (unpaired) electrons. The van der Waals surface area contributed by atoms with Gasteiger partial charge in [-0.2, -0.15) is 0 Å². The normalized spacial score (nSPS) is 20.4. The Morgan fingerprint density at radius 3 is 2.75 bits per heavy atom. The number of para-hydroxylation sites is 2. The molecule has 1 saturated heterocycles. The van der Waals surface area contributed by atoms with Crippen LogP contribution < -0.4 is 9.47 Å². The first kappa shape index (κ1) is 11.2. The van der Waals surface area contributed by atoms with Gasteiger partial charge in [0.25, 0.3) is 0 Å². The van der Waals surface area contributed by atoms with Crippen LogP contribution in [0.15, 0.2) is 24.3 Å². The average Bonchev–Trinajstić information content (AvgIpc) is 2.38. The van der Waals surface area contributed by atoms with Gasteiger partial charge in [-0.05, 0) is 12.1 Å². The van der Waals surface area contributed by atoms with Crippen molar-refractivity contribution in [1.29, 1.82) is 0 Å². The predicted octanol–water partition coefficient (Wildman–Crippen LogP) is 1.49. The minimum absolute atomic E-state index is 0.0127. The second-order valence-electron chi connectivity index (χ2n) is 3.53. The molecule has 0 N–H and O–H groups in total. The lowest BCUT2D eigenvalue weighted by Crippen LogP contribution is -2.33. The highest BCUT2D eigenvalue weighted by Crippen LogP contribution is 2.26. The molecule has 0 aliphatic carbocycles. The molecule has 1 aromatic rings. The molecule has 1 aliphatic heterocycles. The second-order valence-corrected chi connectivity index (χ2v) is 3.53. The maximum Gasteiger partial charge on any atom is 0.161 e. The fourth-order valence-electron chi connectivity index (χ4n) is 1.55. The zero-order valence-electron chi connectivity index (χ0n) is 9.35. The summed E-state index contributed by atoms with van der Waals surface area (Å²) >= 11 is 0. The third kappa shape index (κ3) is 2.87. The van der Waals surface area contributed by atoms with E-state index in [1.165, 1.54) is 0 Å². The topological polar surface area (TPSA) is 36.9 Å². The zero-order valence-corrected chi connectivity index (χ0v) is 9.35. The number of hydrogen-bond donors (Lipinski definition) is 0. The van der Waals surface area contributed by atoms with Crippen molar-refractivity contribution in [2.24, 2.45) is 0 Å². The molecule has 1 fully saturated rings. The lowest BCUT2D eigenvalue weighted by Gasteiger charge is -2.23. The largest absolute Gasteiger partial charge is 0.493 e. The highest BCUT2D eigenvalue weighted by Gasteiger charge is 2.15. The molecule has 0 amide bonds. The Bertz CT molecular complexity index is 321. The fourth-order valence-corrected chi connectivity index (χ4v) is 1.55. The Labute approximate surface area is 95.1 Å². The molecule has 2 rings (SSSR count). The molecule has 4 nitrogen and oxygen atoms in total. The van der Waals surface area contributed by atoms with Crippen LogP contribution in [0, 0.1) is 0 Å². The van der Waals surface area contributed by atoms with Crippen molar-refractivity contribution in [1.82, 2.24) is 0 Å². The van der Waals surface area contributed by atoms with Crippen LogP contribution in [-0.4, -0.2) is 39.6 Å². The summed E-state index contributed by atoms with van der Waals surface area (Å²) in [5.74, 6) is 1.47. The van der Waals surface area contributed by atoms with E-state index in [4.69, 9.17) is 18.9 Å². The highest BCUT2D eigenvalue weighted by atomic mass is 16.6. The van der Waals surface area contributed by atoms with Gasteiger partial charge < -0.3 is 18.9 Å². The van der Waals surface area contributed by atoms with Crippen LogP contribution in [0.3, 0.4) is 0 Å². The van der Waals surface area contributed by atoms with Gasteiger partial charge in [0, 0.05) is 0 Å². The van der Waals surface area contributed by atoms with E-state index < -0.39 is 0 Å². The molecule has 1 atom stereocenters. The van der Waals surface area contributed by atoms with Gasteiger partial charge in [0.2, 0.25) is 0 Å². The maximum absolute atomic E-state index is 5.64. The average molecular weight is 224 g/mol. The molecule has 0 unspecified atom stereocenters. The van der Waals surface area contributed by atoms with Gasteiger partial charge in [-0.3, -0.25) is 0 Å². The van der Waals surface area contributed by atoms with Crippen LogP contribution in [0.4, 0.5) is 0 Å². The Kier molecular flexibility index (Phi) is 4.02.